The van der Waals surface area contributed by atoms with E-state index in [0.29, 0.717) is 23.5 Å². The van der Waals surface area contributed by atoms with Crippen molar-refractivity contribution in [1.82, 2.24) is 9.47 Å². The minimum atomic E-state index is -2.92. The number of aromatic nitrogens is 1. The van der Waals surface area contributed by atoms with E-state index in [-0.39, 0.29) is 42.2 Å². The molecule has 3 N–H and O–H groups in total. The molecule has 0 unspecified atom stereocenters. The third-order valence-electron chi connectivity index (χ3n) is 8.42. The quantitative estimate of drug-likeness (QED) is 0.477. The van der Waals surface area contributed by atoms with Gasteiger partial charge in [-0.1, -0.05) is 6.92 Å². The van der Waals surface area contributed by atoms with E-state index in [1.807, 2.05) is 6.92 Å². The Balaban J connectivity index is 1.55. The zero-order valence-corrected chi connectivity index (χ0v) is 23.1. The molecule has 204 valence electrons. The number of aliphatic hydroxyl groups is 1. The molecule has 11 heteroatoms. The number of ether oxygens (including phenoxy) is 2. The van der Waals surface area contributed by atoms with Crippen LogP contribution >= 0.6 is 0 Å². The van der Waals surface area contributed by atoms with Gasteiger partial charge >= 0.3 is 0 Å². The first-order valence-corrected chi connectivity index (χ1v) is 16.1. The molecule has 1 aromatic carbocycles. The predicted octanol–water partition coefficient (Wildman–Crippen LogP) is 1.97. The van der Waals surface area contributed by atoms with Crippen LogP contribution in [-0.2, 0) is 19.9 Å². The second-order valence-electron chi connectivity index (χ2n) is 11.1. The first kappa shape index (κ1) is 26.6. The molecule has 5 atom stereocenters. The maximum Gasteiger partial charge on any atom is 0.297 e. The fourth-order valence-corrected chi connectivity index (χ4v) is 9.26. The van der Waals surface area contributed by atoms with Crippen molar-refractivity contribution in [3.8, 4) is 11.4 Å². The van der Waals surface area contributed by atoms with Crippen LogP contribution in [0.2, 0.25) is 18.6 Å². The summed E-state index contributed by atoms with van der Waals surface area (Å²) in [6.45, 7) is 5.99. The Morgan fingerprint density at radius 1 is 1.29 bits per heavy atom. The molecule has 0 bridgehead atoms. The topological polar surface area (TPSA) is 130 Å². The van der Waals surface area contributed by atoms with Crippen molar-refractivity contribution in [1.29, 1.82) is 0 Å². The number of likely N-dealkylation sites (tertiary alicyclic amines) is 1. The molecular formula is C27H35N3O7Si. The lowest BCUT2D eigenvalue weighted by molar-refractivity contribution is -0.148. The number of carbonyl (C=O) groups is 2. The number of rotatable bonds is 6. The zero-order chi connectivity index (χ0) is 27.4. The lowest BCUT2D eigenvalue weighted by Crippen LogP contribution is -2.44. The Hall–Kier alpha value is -2.99. The standard InChI is InChI=1S/C27H35N3O7Si/c1-16-24(38(3,4)35)22(14-23(32)29-11-5-7-18(29)15-31)37-27(16)19-13-17(9-10-20(19)28-26(27)34)30-12-6-8-21(36-2)25(30)33/h6,8-10,12-13,16,18,22,24,31,35H,5,7,11,14-15H2,1-4H3,(H,28,34)/t16-,18-,22+,24-,27+/m0/s1. The summed E-state index contributed by atoms with van der Waals surface area (Å²) in [7, 11) is -1.49. The van der Waals surface area contributed by atoms with E-state index in [1.54, 1.807) is 54.5 Å². The molecule has 0 radical (unpaired) electrons. The van der Waals surface area contributed by atoms with Gasteiger partial charge in [0.1, 0.15) is 0 Å². The van der Waals surface area contributed by atoms with E-state index in [0.717, 1.165) is 12.8 Å². The lowest BCUT2D eigenvalue weighted by atomic mass is 9.82. The second kappa shape index (κ2) is 9.64. The third-order valence-corrected chi connectivity index (χ3v) is 10.9. The number of hydrogen-bond donors (Lipinski definition) is 3. The predicted molar refractivity (Wildman–Crippen MR) is 143 cm³/mol. The SMILES string of the molecule is COc1cccn(-c2ccc3c(c2)[C@@]2(O[C@H](CC(=O)N4CCC[C@H]4CO)[C@@H]([Si](C)(C)O)[C@@H]2C)C(=O)N3)c1=O. The average Bonchev–Trinajstić information content (AvgIpc) is 3.54. The molecule has 38 heavy (non-hydrogen) atoms. The lowest BCUT2D eigenvalue weighted by Gasteiger charge is -2.32. The van der Waals surface area contributed by atoms with Crippen molar-refractivity contribution in [2.24, 2.45) is 5.92 Å². The zero-order valence-electron chi connectivity index (χ0n) is 22.1. The minimum Gasteiger partial charge on any atom is -0.491 e. The maximum atomic E-state index is 13.6. The van der Waals surface area contributed by atoms with Crippen molar-refractivity contribution in [3.63, 3.8) is 0 Å². The molecule has 3 aliphatic rings. The maximum absolute atomic E-state index is 13.6. The highest BCUT2D eigenvalue weighted by Gasteiger charge is 2.65. The first-order valence-electron chi connectivity index (χ1n) is 13.1. The first-order chi connectivity index (χ1) is 18.0. The molecular weight excluding hydrogens is 506 g/mol. The van der Waals surface area contributed by atoms with Gasteiger partial charge in [0, 0.05) is 41.1 Å². The van der Waals surface area contributed by atoms with Crippen molar-refractivity contribution in [2.75, 3.05) is 25.6 Å². The van der Waals surface area contributed by atoms with Gasteiger partial charge in [-0.2, -0.15) is 0 Å². The van der Waals surface area contributed by atoms with E-state index >= 15 is 0 Å². The van der Waals surface area contributed by atoms with Crippen LogP contribution in [0, 0.1) is 5.92 Å². The fraction of sp³-hybridized carbons (Fsp3) is 0.519. The molecule has 5 rings (SSSR count). The summed E-state index contributed by atoms with van der Waals surface area (Å²) in [5.74, 6) is -0.730. The van der Waals surface area contributed by atoms with Crippen LogP contribution in [0.15, 0.2) is 41.3 Å². The molecule has 3 aliphatic heterocycles. The molecule has 2 aromatic rings. The number of aliphatic hydroxyl groups excluding tert-OH is 1. The van der Waals surface area contributed by atoms with E-state index in [9.17, 15) is 24.3 Å². The van der Waals surface area contributed by atoms with E-state index in [2.05, 4.69) is 5.32 Å². The van der Waals surface area contributed by atoms with Crippen LogP contribution in [0.3, 0.4) is 0 Å². The molecule has 10 nitrogen and oxygen atoms in total. The summed E-state index contributed by atoms with van der Waals surface area (Å²) in [5.41, 5.74) is -0.465. The summed E-state index contributed by atoms with van der Waals surface area (Å²) < 4.78 is 13.2. The summed E-state index contributed by atoms with van der Waals surface area (Å²) in [6, 6.07) is 8.32. The van der Waals surface area contributed by atoms with Crippen LogP contribution < -0.4 is 15.6 Å². The van der Waals surface area contributed by atoms with Gasteiger partial charge in [0.15, 0.2) is 19.7 Å². The number of pyridine rings is 1. The van der Waals surface area contributed by atoms with Crippen LogP contribution in [0.25, 0.3) is 5.69 Å². The number of fused-ring (bicyclic) bond motifs is 2. The third kappa shape index (κ3) is 4.08. The number of amides is 2. The van der Waals surface area contributed by atoms with Gasteiger partial charge in [-0.05, 0) is 56.3 Å². The Labute approximate surface area is 222 Å². The molecule has 1 spiro atoms. The molecule has 0 saturated carbocycles. The number of hydrogen-bond acceptors (Lipinski definition) is 7. The summed E-state index contributed by atoms with van der Waals surface area (Å²) >= 11 is 0. The van der Waals surface area contributed by atoms with E-state index < -0.39 is 31.5 Å². The number of methoxy groups -OCH3 is 1. The van der Waals surface area contributed by atoms with E-state index in [4.69, 9.17) is 9.47 Å². The monoisotopic (exact) mass is 541 g/mol. The van der Waals surface area contributed by atoms with Crippen molar-refractivity contribution in [3.05, 3.63) is 52.4 Å². The fourth-order valence-electron chi connectivity index (χ4n) is 6.71. The van der Waals surface area contributed by atoms with Crippen LogP contribution in [0.4, 0.5) is 5.69 Å². The van der Waals surface area contributed by atoms with Crippen molar-refractivity contribution >= 4 is 25.8 Å². The summed E-state index contributed by atoms with van der Waals surface area (Å²) in [4.78, 5) is 52.9. The van der Waals surface area contributed by atoms with Gasteiger partial charge < -0.3 is 29.6 Å². The Morgan fingerprint density at radius 3 is 2.74 bits per heavy atom. The number of benzene rings is 1. The normalized spacial score (nSPS) is 28.6. The summed E-state index contributed by atoms with van der Waals surface area (Å²) in [5, 5.41) is 12.6. The smallest absolute Gasteiger partial charge is 0.297 e. The summed E-state index contributed by atoms with van der Waals surface area (Å²) in [6.07, 6.45) is 2.55. The Kier molecular flexibility index (Phi) is 6.75. The largest absolute Gasteiger partial charge is 0.491 e. The van der Waals surface area contributed by atoms with E-state index in [1.165, 1.54) is 11.7 Å². The van der Waals surface area contributed by atoms with Crippen LogP contribution in [0.5, 0.6) is 5.75 Å². The van der Waals surface area contributed by atoms with Crippen molar-refractivity contribution in [2.45, 2.75) is 62.6 Å². The number of nitrogens with zero attached hydrogens (tertiary/aromatic N) is 2. The Morgan fingerprint density at radius 2 is 2.05 bits per heavy atom. The number of anilines is 1. The highest BCUT2D eigenvalue weighted by Crippen LogP contribution is 2.58. The van der Waals surface area contributed by atoms with Gasteiger partial charge in [-0.15, -0.1) is 0 Å². The van der Waals surface area contributed by atoms with Crippen LogP contribution in [0.1, 0.15) is 31.7 Å². The highest BCUT2D eigenvalue weighted by atomic mass is 28.4. The molecule has 2 saturated heterocycles. The molecule has 0 aliphatic carbocycles. The second-order valence-corrected chi connectivity index (χ2v) is 15.0. The molecule has 2 fully saturated rings. The average molecular weight is 542 g/mol. The molecule has 2 amide bonds. The number of carbonyl (C=O) groups excluding carboxylic acids is 2. The highest BCUT2D eigenvalue weighted by molar-refractivity contribution is 6.71. The van der Waals surface area contributed by atoms with Gasteiger partial charge in [0.2, 0.25) is 5.91 Å². The number of nitrogens with one attached hydrogen (secondary N) is 1. The minimum absolute atomic E-state index is 0.0158. The van der Waals surface area contributed by atoms with Crippen molar-refractivity contribution < 1.29 is 29.0 Å². The van der Waals surface area contributed by atoms with Gasteiger partial charge in [-0.25, -0.2) is 0 Å². The molecule has 4 heterocycles. The van der Waals surface area contributed by atoms with Gasteiger partial charge in [0.05, 0.1) is 32.3 Å². The van der Waals surface area contributed by atoms with Gasteiger partial charge in [-0.3, -0.25) is 19.0 Å². The Bertz CT molecular complexity index is 1320. The molecule has 1 aromatic heterocycles. The van der Waals surface area contributed by atoms with Gasteiger partial charge in [0.25, 0.3) is 11.5 Å². The van der Waals surface area contributed by atoms with Crippen LogP contribution in [-0.4, -0.2) is 71.9 Å².